The molecule has 160 valence electrons. The molecule has 0 amide bonds. The number of hydrogen-bond acceptors (Lipinski definition) is 4. The smallest absolute Gasteiger partial charge is 0.428 e. The Balaban J connectivity index is 2.28. The lowest BCUT2D eigenvalue weighted by molar-refractivity contribution is -0.253. The number of anilines is 1. The van der Waals surface area contributed by atoms with Crippen LogP contribution in [0.5, 0.6) is 5.75 Å². The van der Waals surface area contributed by atoms with Gasteiger partial charge in [-0.1, -0.05) is 18.2 Å². The van der Waals surface area contributed by atoms with Gasteiger partial charge in [-0.2, -0.15) is 30.7 Å². The second-order valence-electron chi connectivity index (χ2n) is 6.07. The van der Waals surface area contributed by atoms with Crippen molar-refractivity contribution < 1.29 is 40.6 Å². The molecule has 0 aliphatic carbocycles. The number of alkyl halides is 7. The Morgan fingerprint density at radius 2 is 1.66 bits per heavy atom. The zero-order chi connectivity index (χ0) is 21.8. The molecule has 0 fully saturated rings. The van der Waals surface area contributed by atoms with E-state index in [0.717, 1.165) is 17.0 Å². The van der Waals surface area contributed by atoms with Crippen molar-refractivity contribution in [1.29, 1.82) is 0 Å². The fraction of sp³-hybridized carbons (Fsp3) is 0.333. The third-order valence-corrected chi connectivity index (χ3v) is 4.02. The van der Waals surface area contributed by atoms with Crippen LogP contribution in [0.4, 0.5) is 36.4 Å². The van der Waals surface area contributed by atoms with Gasteiger partial charge in [-0.15, -0.1) is 12.6 Å². The van der Waals surface area contributed by atoms with Crippen molar-refractivity contribution in [3.05, 3.63) is 54.1 Å². The van der Waals surface area contributed by atoms with E-state index in [0.29, 0.717) is 4.90 Å². The molecule has 2 aromatic carbocycles. The van der Waals surface area contributed by atoms with E-state index < -0.39 is 37.1 Å². The molecular formula is C18H16F7NO2S. The summed E-state index contributed by atoms with van der Waals surface area (Å²) in [4.78, 5) is 1.60. The highest BCUT2D eigenvalue weighted by molar-refractivity contribution is 7.80. The number of halogens is 7. The largest absolute Gasteiger partial charge is 0.461 e. The minimum Gasteiger partial charge on any atom is -0.428 e. The second kappa shape index (κ2) is 9.12. The van der Waals surface area contributed by atoms with Gasteiger partial charge in [-0.3, -0.25) is 0 Å². The van der Waals surface area contributed by atoms with Gasteiger partial charge in [-0.25, -0.2) is 0 Å². The highest BCUT2D eigenvalue weighted by Gasteiger charge is 2.44. The first-order chi connectivity index (χ1) is 13.4. The number of benzene rings is 2. The van der Waals surface area contributed by atoms with Crippen LogP contribution in [0.25, 0.3) is 0 Å². The van der Waals surface area contributed by atoms with E-state index in [1.165, 1.54) is 30.3 Å². The summed E-state index contributed by atoms with van der Waals surface area (Å²) in [7, 11) is 0. The number of aliphatic hydroxyl groups excluding tert-OH is 1. The van der Waals surface area contributed by atoms with Crippen molar-refractivity contribution in [2.45, 2.75) is 36.3 Å². The number of hydrogen-bond donors (Lipinski definition) is 2. The first-order valence-corrected chi connectivity index (χ1v) is 8.56. The quantitative estimate of drug-likeness (QED) is 0.438. The SMILES string of the molecule is OC(CN(Cc1cccc(OC(F)(F)C(F)F)c1)c1cccc(S)c1)C(F)(F)F. The van der Waals surface area contributed by atoms with Gasteiger partial charge in [0, 0.05) is 17.1 Å². The van der Waals surface area contributed by atoms with Crippen LogP contribution >= 0.6 is 12.6 Å². The summed E-state index contributed by atoms with van der Waals surface area (Å²) in [6, 6.07) is 10.7. The van der Waals surface area contributed by atoms with Crippen LogP contribution < -0.4 is 9.64 Å². The van der Waals surface area contributed by atoms with E-state index in [9.17, 15) is 35.8 Å². The van der Waals surface area contributed by atoms with Gasteiger partial charge in [0.1, 0.15) is 5.75 Å². The van der Waals surface area contributed by atoms with Crippen molar-refractivity contribution in [2.24, 2.45) is 0 Å². The Bertz CT molecular complexity index is 817. The fourth-order valence-corrected chi connectivity index (χ4v) is 2.61. The van der Waals surface area contributed by atoms with Crippen molar-refractivity contribution >= 4 is 18.3 Å². The van der Waals surface area contributed by atoms with Crippen LogP contribution in [0.2, 0.25) is 0 Å². The van der Waals surface area contributed by atoms with Crippen LogP contribution in [-0.2, 0) is 6.54 Å². The van der Waals surface area contributed by atoms with Crippen molar-refractivity contribution in [3.63, 3.8) is 0 Å². The number of thiol groups is 1. The molecule has 0 spiro atoms. The first-order valence-electron chi connectivity index (χ1n) is 8.11. The number of ether oxygens (including phenoxy) is 1. The van der Waals surface area contributed by atoms with Gasteiger partial charge in [0.2, 0.25) is 0 Å². The standard InChI is InChI=1S/C18H16F7NO2S/c19-16(20)18(24,25)28-13-5-1-3-11(7-13)9-26(10-15(27)17(21,22)23)12-4-2-6-14(29)8-12/h1-8,15-16,27,29H,9-10H2. The minimum absolute atomic E-state index is 0.200. The summed E-state index contributed by atoms with van der Waals surface area (Å²) in [5.41, 5.74) is 0.483. The molecular weight excluding hydrogens is 427 g/mol. The van der Waals surface area contributed by atoms with Gasteiger partial charge in [0.05, 0.1) is 6.54 Å². The summed E-state index contributed by atoms with van der Waals surface area (Å²) in [5, 5.41) is 9.44. The Labute approximate surface area is 167 Å². The maximum absolute atomic E-state index is 13.1. The summed E-state index contributed by atoms with van der Waals surface area (Å²) in [6.45, 7) is -1.10. The van der Waals surface area contributed by atoms with E-state index in [1.807, 2.05) is 0 Å². The maximum atomic E-state index is 13.1. The third-order valence-electron chi connectivity index (χ3n) is 3.75. The Morgan fingerprint density at radius 1 is 1.00 bits per heavy atom. The summed E-state index contributed by atoms with van der Waals surface area (Å²) in [6.07, 6.45) is -16.3. The molecule has 1 N–H and O–H groups in total. The predicted octanol–water partition coefficient (Wildman–Crippen LogP) is 5.14. The van der Waals surface area contributed by atoms with Crippen LogP contribution in [0.1, 0.15) is 5.56 Å². The third kappa shape index (κ3) is 6.70. The van der Waals surface area contributed by atoms with Crippen LogP contribution in [0, 0.1) is 0 Å². The molecule has 0 saturated heterocycles. The zero-order valence-corrected chi connectivity index (χ0v) is 15.5. The van der Waals surface area contributed by atoms with Gasteiger partial charge < -0.3 is 14.7 Å². The van der Waals surface area contributed by atoms with E-state index >= 15 is 0 Å². The first kappa shape index (κ1) is 23.1. The van der Waals surface area contributed by atoms with Gasteiger partial charge in [-0.05, 0) is 35.9 Å². The molecule has 2 aromatic rings. The number of rotatable bonds is 8. The maximum Gasteiger partial charge on any atom is 0.461 e. The van der Waals surface area contributed by atoms with Crippen LogP contribution in [0.3, 0.4) is 0 Å². The molecule has 0 aliphatic rings. The molecule has 3 nitrogen and oxygen atoms in total. The molecule has 0 radical (unpaired) electrons. The number of nitrogens with zero attached hydrogens (tertiary/aromatic N) is 1. The molecule has 0 heterocycles. The summed E-state index contributed by atoms with van der Waals surface area (Å²) in [5.74, 6) is -0.577. The molecule has 0 aliphatic heterocycles. The van der Waals surface area contributed by atoms with E-state index in [-0.39, 0.29) is 17.8 Å². The van der Waals surface area contributed by atoms with Crippen molar-refractivity contribution in [3.8, 4) is 5.75 Å². The lowest BCUT2D eigenvalue weighted by atomic mass is 10.1. The summed E-state index contributed by atoms with van der Waals surface area (Å²) >= 11 is 4.12. The Kier molecular flexibility index (Phi) is 7.28. The molecule has 0 bridgehead atoms. The van der Waals surface area contributed by atoms with E-state index in [2.05, 4.69) is 17.4 Å². The van der Waals surface area contributed by atoms with Crippen LogP contribution in [-0.4, -0.2) is 36.5 Å². The molecule has 2 rings (SSSR count). The lowest BCUT2D eigenvalue weighted by Crippen LogP contribution is -2.40. The monoisotopic (exact) mass is 443 g/mol. The Morgan fingerprint density at radius 3 is 2.24 bits per heavy atom. The van der Waals surface area contributed by atoms with Crippen molar-refractivity contribution in [2.75, 3.05) is 11.4 Å². The molecule has 0 saturated carbocycles. The van der Waals surface area contributed by atoms with Crippen LogP contribution in [0.15, 0.2) is 53.4 Å². The predicted molar refractivity (Wildman–Crippen MR) is 94.8 cm³/mol. The molecule has 1 atom stereocenters. The average molecular weight is 443 g/mol. The van der Waals surface area contributed by atoms with Crippen molar-refractivity contribution in [1.82, 2.24) is 0 Å². The highest BCUT2D eigenvalue weighted by atomic mass is 32.1. The molecule has 11 heteroatoms. The topological polar surface area (TPSA) is 32.7 Å². The number of aliphatic hydroxyl groups is 1. The lowest BCUT2D eigenvalue weighted by Gasteiger charge is -2.29. The fourth-order valence-electron chi connectivity index (χ4n) is 2.39. The average Bonchev–Trinajstić information content (AvgIpc) is 2.60. The zero-order valence-electron chi connectivity index (χ0n) is 14.6. The molecule has 29 heavy (non-hydrogen) atoms. The van der Waals surface area contributed by atoms with Gasteiger partial charge in [0.25, 0.3) is 0 Å². The van der Waals surface area contributed by atoms with E-state index in [1.54, 1.807) is 6.07 Å². The molecule has 1 unspecified atom stereocenters. The second-order valence-corrected chi connectivity index (χ2v) is 6.59. The summed E-state index contributed by atoms with van der Waals surface area (Å²) < 4.78 is 93.2. The normalized spacial score (nSPS) is 13.4. The van der Waals surface area contributed by atoms with Gasteiger partial charge in [0.15, 0.2) is 6.10 Å². The Hall–Kier alpha value is -2.14. The highest BCUT2D eigenvalue weighted by Crippen LogP contribution is 2.29. The minimum atomic E-state index is -4.87. The van der Waals surface area contributed by atoms with E-state index in [4.69, 9.17) is 0 Å². The van der Waals surface area contributed by atoms with Gasteiger partial charge >= 0.3 is 18.7 Å². The molecule has 0 aromatic heterocycles.